The quantitative estimate of drug-likeness (QED) is 0.302. The van der Waals surface area contributed by atoms with E-state index in [4.69, 9.17) is 21.4 Å². The number of anilines is 1. The van der Waals surface area contributed by atoms with Crippen LogP contribution in [0.3, 0.4) is 0 Å². The second-order valence-electron chi connectivity index (χ2n) is 10.1. The van der Waals surface area contributed by atoms with Crippen LogP contribution in [0.4, 0.5) is 14.6 Å². The fourth-order valence-corrected chi connectivity index (χ4v) is 5.90. The Morgan fingerprint density at radius 3 is 2.59 bits per heavy atom. The van der Waals surface area contributed by atoms with Crippen molar-refractivity contribution in [3.05, 3.63) is 22.0 Å². The van der Waals surface area contributed by atoms with E-state index in [9.17, 15) is 13.6 Å². The Morgan fingerprint density at radius 1 is 1.34 bits per heavy atom. The number of carbonyl (C=O) groups excluding carboxylic acids is 1. The second kappa shape index (κ2) is 9.16. The van der Waals surface area contributed by atoms with Crippen molar-refractivity contribution in [1.82, 2.24) is 9.78 Å². The van der Waals surface area contributed by atoms with Crippen molar-refractivity contribution in [1.29, 1.82) is 0 Å². The molecule has 0 atom stereocenters. The standard InChI is InChI=1S/C22H30ClF2N3O2SSi/c1-32(2,3)10-9-30-13-28-19(16-7-8-17(23)31-16)18(14-5-4-6-14)20(27-28)26-21(29)15-11-22(24,25)12-15/h7-8,14-15H,4-6,9-13H2,1-3H3,(H,26,27,29). The number of amides is 1. The van der Waals surface area contributed by atoms with Gasteiger partial charge in [0.25, 0.3) is 0 Å². The zero-order valence-corrected chi connectivity index (χ0v) is 21.3. The first-order valence-corrected chi connectivity index (χ1v) is 16.1. The first-order chi connectivity index (χ1) is 15.0. The molecule has 2 aliphatic carbocycles. The van der Waals surface area contributed by atoms with Crippen LogP contribution in [0.1, 0.15) is 43.6 Å². The van der Waals surface area contributed by atoms with E-state index < -0.39 is 32.8 Å². The Balaban J connectivity index is 1.61. The number of halogens is 3. The van der Waals surface area contributed by atoms with Crippen molar-refractivity contribution < 1.29 is 18.3 Å². The highest BCUT2D eigenvalue weighted by Gasteiger charge is 2.49. The van der Waals surface area contributed by atoms with Crippen LogP contribution < -0.4 is 5.32 Å². The summed E-state index contributed by atoms with van der Waals surface area (Å²) in [4.78, 5) is 13.6. The van der Waals surface area contributed by atoms with Gasteiger partial charge < -0.3 is 10.1 Å². The number of rotatable bonds is 9. The molecule has 1 N–H and O–H groups in total. The molecule has 2 heterocycles. The third-order valence-electron chi connectivity index (χ3n) is 6.22. The maximum atomic E-state index is 13.3. The second-order valence-corrected chi connectivity index (χ2v) is 17.5. The number of thiophene rings is 1. The molecule has 4 rings (SSSR count). The maximum absolute atomic E-state index is 13.3. The number of nitrogens with zero attached hydrogens (tertiary/aromatic N) is 2. The predicted molar refractivity (Wildman–Crippen MR) is 128 cm³/mol. The lowest BCUT2D eigenvalue weighted by Gasteiger charge is -2.33. The molecule has 0 spiro atoms. The lowest BCUT2D eigenvalue weighted by atomic mass is 9.79. The Labute approximate surface area is 197 Å². The Morgan fingerprint density at radius 2 is 2.06 bits per heavy atom. The third-order valence-corrected chi connectivity index (χ3v) is 9.16. The average Bonchev–Trinajstić information content (AvgIpc) is 3.18. The van der Waals surface area contributed by atoms with Crippen molar-refractivity contribution in [2.75, 3.05) is 11.9 Å². The van der Waals surface area contributed by atoms with Crippen molar-refractivity contribution in [2.24, 2.45) is 5.92 Å². The molecule has 2 aromatic heterocycles. The number of nitrogens with one attached hydrogen (secondary N) is 1. The molecule has 0 saturated heterocycles. The number of aromatic nitrogens is 2. The van der Waals surface area contributed by atoms with Gasteiger partial charge >= 0.3 is 0 Å². The van der Waals surface area contributed by atoms with Gasteiger partial charge in [-0.3, -0.25) is 4.79 Å². The van der Waals surface area contributed by atoms with Crippen LogP contribution in [0.5, 0.6) is 0 Å². The normalized spacial score (nSPS) is 18.9. The van der Waals surface area contributed by atoms with E-state index in [0.29, 0.717) is 16.8 Å². The molecule has 0 unspecified atom stereocenters. The first kappa shape index (κ1) is 23.9. The van der Waals surface area contributed by atoms with Gasteiger partial charge in [0.05, 0.1) is 14.9 Å². The van der Waals surface area contributed by atoms with Crippen LogP contribution in [0.2, 0.25) is 30.0 Å². The van der Waals surface area contributed by atoms with Gasteiger partial charge in [-0.1, -0.05) is 37.7 Å². The number of alkyl halides is 2. The Bertz CT molecular complexity index is 976. The molecule has 0 aromatic carbocycles. The highest BCUT2D eigenvalue weighted by atomic mass is 35.5. The zero-order chi connectivity index (χ0) is 23.1. The van der Waals surface area contributed by atoms with E-state index in [2.05, 4.69) is 25.0 Å². The third kappa shape index (κ3) is 5.43. The number of hydrogen-bond acceptors (Lipinski definition) is 4. The molecule has 0 bridgehead atoms. The van der Waals surface area contributed by atoms with Crippen molar-refractivity contribution in [3.63, 3.8) is 0 Å². The largest absolute Gasteiger partial charge is 0.360 e. The summed E-state index contributed by atoms with van der Waals surface area (Å²) in [5.41, 5.74) is 1.89. The monoisotopic (exact) mass is 501 g/mol. The summed E-state index contributed by atoms with van der Waals surface area (Å²) in [7, 11) is -1.22. The van der Waals surface area contributed by atoms with E-state index in [1.54, 1.807) is 4.68 Å². The molecule has 10 heteroatoms. The van der Waals surface area contributed by atoms with E-state index >= 15 is 0 Å². The van der Waals surface area contributed by atoms with Gasteiger partial charge in [0.15, 0.2) is 5.82 Å². The van der Waals surface area contributed by atoms with E-state index in [1.807, 2.05) is 12.1 Å². The fourth-order valence-electron chi connectivity index (χ4n) is 4.04. The Kier molecular flexibility index (Phi) is 6.82. The summed E-state index contributed by atoms with van der Waals surface area (Å²) < 4.78 is 35.0. The molecule has 0 radical (unpaired) electrons. The van der Waals surface area contributed by atoms with Crippen LogP contribution >= 0.6 is 22.9 Å². The molecule has 5 nitrogen and oxygen atoms in total. The van der Waals surface area contributed by atoms with Crippen LogP contribution in [0.25, 0.3) is 10.6 Å². The van der Waals surface area contributed by atoms with Crippen LogP contribution in [-0.2, 0) is 16.3 Å². The van der Waals surface area contributed by atoms with Crippen LogP contribution in [0.15, 0.2) is 12.1 Å². The zero-order valence-electron chi connectivity index (χ0n) is 18.7. The molecule has 176 valence electrons. The summed E-state index contributed by atoms with van der Waals surface area (Å²) in [5.74, 6) is -3.03. The predicted octanol–water partition coefficient (Wildman–Crippen LogP) is 6.83. The minimum Gasteiger partial charge on any atom is -0.360 e. The number of hydrogen-bond donors (Lipinski definition) is 1. The van der Waals surface area contributed by atoms with Crippen molar-refractivity contribution >= 4 is 42.7 Å². The smallest absolute Gasteiger partial charge is 0.249 e. The summed E-state index contributed by atoms with van der Waals surface area (Å²) in [6.45, 7) is 7.82. The van der Waals surface area contributed by atoms with E-state index in [1.165, 1.54) is 11.3 Å². The van der Waals surface area contributed by atoms with Gasteiger partial charge in [-0.15, -0.1) is 11.3 Å². The lowest BCUT2D eigenvalue weighted by molar-refractivity contribution is -0.145. The SMILES string of the molecule is C[Si](C)(C)CCOCn1nc(NC(=O)C2CC(F)(F)C2)c(C2CCC2)c1-c1ccc(Cl)s1. The Hall–Kier alpha value is -1.29. The van der Waals surface area contributed by atoms with Gasteiger partial charge in [0.1, 0.15) is 6.73 Å². The molecular formula is C22H30ClF2N3O2SSi. The maximum Gasteiger partial charge on any atom is 0.249 e. The van der Waals surface area contributed by atoms with Gasteiger partial charge in [-0.2, -0.15) is 5.10 Å². The summed E-state index contributed by atoms with van der Waals surface area (Å²) in [5, 5.41) is 7.57. The van der Waals surface area contributed by atoms with E-state index in [0.717, 1.165) is 41.4 Å². The van der Waals surface area contributed by atoms with Gasteiger partial charge in [0.2, 0.25) is 11.8 Å². The fraction of sp³-hybridized carbons (Fsp3) is 0.636. The van der Waals surface area contributed by atoms with Gasteiger partial charge in [-0.25, -0.2) is 13.5 Å². The van der Waals surface area contributed by atoms with Gasteiger partial charge in [-0.05, 0) is 36.9 Å². The van der Waals surface area contributed by atoms with Gasteiger partial charge in [0, 0.05) is 39.0 Å². The molecular weight excluding hydrogens is 472 g/mol. The average molecular weight is 502 g/mol. The molecule has 32 heavy (non-hydrogen) atoms. The van der Waals surface area contributed by atoms with Crippen molar-refractivity contribution in [2.45, 2.75) is 76.4 Å². The van der Waals surface area contributed by atoms with Crippen LogP contribution in [0, 0.1) is 5.92 Å². The first-order valence-electron chi connectivity index (χ1n) is 11.2. The molecule has 2 aliphatic rings. The lowest BCUT2D eigenvalue weighted by Crippen LogP contribution is -2.42. The summed E-state index contributed by atoms with van der Waals surface area (Å²) in [6, 6.07) is 4.86. The number of carbonyl (C=O) groups is 1. The summed E-state index contributed by atoms with van der Waals surface area (Å²) >= 11 is 7.69. The number of ether oxygens (including phenoxy) is 1. The highest BCUT2D eigenvalue weighted by molar-refractivity contribution is 7.19. The molecule has 1 amide bonds. The topological polar surface area (TPSA) is 56.1 Å². The van der Waals surface area contributed by atoms with Crippen LogP contribution in [-0.4, -0.2) is 36.3 Å². The molecule has 2 saturated carbocycles. The van der Waals surface area contributed by atoms with E-state index in [-0.39, 0.29) is 18.6 Å². The highest BCUT2D eigenvalue weighted by Crippen LogP contribution is 2.47. The van der Waals surface area contributed by atoms with Crippen molar-refractivity contribution in [3.8, 4) is 10.6 Å². The molecule has 0 aliphatic heterocycles. The molecule has 2 aromatic rings. The molecule has 2 fully saturated rings. The summed E-state index contributed by atoms with van der Waals surface area (Å²) in [6.07, 6.45) is 2.35. The minimum absolute atomic E-state index is 0.270. The minimum atomic E-state index is -2.73.